The lowest BCUT2D eigenvalue weighted by atomic mass is 9.70. The van der Waals surface area contributed by atoms with Crippen LogP contribution in [-0.4, -0.2) is 168 Å². The average molecular weight is 1250 g/mol. The van der Waals surface area contributed by atoms with Gasteiger partial charge in [-0.05, 0) is 115 Å². The zero-order valence-electron chi connectivity index (χ0n) is 45.8. The highest BCUT2D eigenvalue weighted by atomic mass is 32.2. The van der Waals surface area contributed by atoms with Crippen molar-refractivity contribution in [3.8, 4) is 0 Å². The quantitative estimate of drug-likeness (QED) is 0.0156. The minimum absolute atomic E-state index is 0.00320. The number of carboxylic acids is 1. The number of rotatable bonds is 36. The van der Waals surface area contributed by atoms with Crippen molar-refractivity contribution in [1.29, 1.82) is 0 Å². The number of carboxylic acid groups (broad SMARTS) is 1. The van der Waals surface area contributed by atoms with Crippen LogP contribution < -0.4 is 4.90 Å². The van der Waals surface area contributed by atoms with Crippen molar-refractivity contribution in [2.45, 2.75) is 96.1 Å². The van der Waals surface area contributed by atoms with Crippen LogP contribution in [-0.2, 0) is 94.6 Å². The van der Waals surface area contributed by atoms with Crippen molar-refractivity contribution < 1.29 is 103 Å². The molecule has 82 heavy (non-hydrogen) atoms. The molecule has 4 aromatic carbocycles. The van der Waals surface area contributed by atoms with Crippen molar-refractivity contribution in [2.24, 2.45) is 0 Å². The number of unbranched alkanes of at least 4 members (excludes halogenated alkanes) is 2. The van der Waals surface area contributed by atoms with Gasteiger partial charge in [0.05, 0.1) is 81.6 Å². The van der Waals surface area contributed by atoms with Gasteiger partial charge in [-0.25, -0.2) is 0 Å². The fourth-order valence-corrected chi connectivity index (χ4v) is 13.2. The van der Waals surface area contributed by atoms with Gasteiger partial charge in [-0.1, -0.05) is 50.3 Å². The van der Waals surface area contributed by atoms with Gasteiger partial charge in [-0.3, -0.25) is 27.6 Å². The normalized spacial score (nSPS) is 16.6. The first-order valence-corrected chi connectivity index (χ1v) is 33.1. The summed E-state index contributed by atoms with van der Waals surface area (Å²) >= 11 is 0. The summed E-state index contributed by atoms with van der Waals surface area (Å²) in [5.41, 5.74) is -0.607. The third-order valence-corrected chi connectivity index (χ3v) is 18.3. The number of allylic oxidation sites excluding steroid dienone is 5. The first-order chi connectivity index (χ1) is 38.3. The molecular weight excluding hydrogens is 1180 g/mol. The predicted octanol–water partition coefficient (Wildman–Crippen LogP) is 6.75. The first kappa shape index (κ1) is 68.0. The van der Waals surface area contributed by atoms with E-state index >= 15 is 0 Å². The summed E-state index contributed by atoms with van der Waals surface area (Å²) in [4.78, 5) is 9.83. The standard InChI is InChI=1S/C53H71NO23S5/c1-37-14-15-41-43(33-39(79(60,61)62)35-46(41)81(66,67)68)50(37)52(3,19-21-73-24-25-75-28-29-77-31-30-76-27-26-74-23-22-72-5)38(2)11-9-12-48-53(4,18-10-32-78(57,58)59)51-44-34-40(80(63,64)65)36-47(82(69,70)71)42(44)16-17-45(51)54(48)20-8-6-7-13-49(55)56/h9,11-12,14-17,33-36H,2,6-8,10,13,18-32H2,1,3-5H3,(H,55,56)(H,57,58,59)(H,60,61,62)(H,63,64,65)(H,66,67,68)(H,69,70,71)/b11-9+,48-12+. The van der Waals surface area contributed by atoms with Gasteiger partial charge in [0.1, 0.15) is 9.79 Å². The van der Waals surface area contributed by atoms with Crippen LogP contribution in [0, 0.1) is 6.92 Å². The van der Waals surface area contributed by atoms with E-state index in [1.807, 2.05) is 0 Å². The molecule has 0 radical (unpaired) electrons. The van der Waals surface area contributed by atoms with E-state index in [-0.39, 0.29) is 98.8 Å². The second-order valence-electron chi connectivity index (χ2n) is 19.8. The summed E-state index contributed by atoms with van der Waals surface area (Å²) < 4.78 is 211. The summed E-state index contributed by atoms with van der Waals surface area (Å²) in [6, 6.07) is 9.11. The summed E-state index contributed by atoms with van der Waals surface area (Å²) in [5.74, 6) is -1.76. The Labute approximate surface area is 478 Å². The van der Waals surface area contributed by atoms with E-state index in [9.17, 15) is 74.8 Å². The summed E-state index contributed by atoms with van der Waals surface area (Å²) in [5, 5.41) is 9.03. The monoisotopic (exact) mass is 1250 g/mol. The Hall–Kier alpha value is -4.80. The van der Waals surface area contributed by atoms with Gasteiger partial charge in [0.2, 0.25) is 0 Å². The van der Waals surface area contributed by atoms with Gasteiger partial charge in [0, 0.05) is 59.7 Å². The van der Waals surface area contributed by atoms with Crippen LogP contribution in [0.15, 0.2) is 104 Å². The number of methoxy groups -OCH3 is 1. The highest BCUT2D eigenvalue weighted by molar-refractivity contribution is 7.87. The number of fused-ring (bicyclic) bond motifs is 4. The van der Waals surface area contributed by atoms with Crippen LogP contribution in [0.1, 0.15) is 75.5 Å². The van der Waals surface area contributed by atoms with Crippen LogP contribution in [0.2, 0.25) is 0 Å². The topological polar surface area (TPSA) is 368 Å². The molecule has 0 bridgehead atoms. The number of carbonyl (C=O) groups is 1. The van der Waals surface area contributed by atoms with Crippen LogP contribution in [0.25, 0.3) is 21.5 Å². The van der Waals surface area contributed by atoms with E-state index in [0.29, 0.717) is 92.7 Å². The van der Waals surface area contributed by atoms with E-state index < -0.39 is 92.7 Å². The number of hydrogen-bond donors (Lipinski definition) is 6. The first-order valence-electron chi connectivity index (χ1n) is 25.7. The Morgan fingerprint density at radius 2 is 1.12 bits per heavy atom. The SMILES string of the molecule is C=C(/C=C/C=C1/N(CCCCCC(=O)O)c2ccc3c(S(=O)(=O)O)cc(S(=O)(=O)O)cc3c2C1(C)CCCS(=O)(=O)O)C(C)(CCOCCOCCOCCOCCOCCOC)c1c(C)ccc2c(S(=O)(=O)O)cc(S(=O)(=O)O)cc12. The summed E-state index contributed by atoms with van der Waals surface area (Å²) in [6.07, 6.45) is 5.45. The second-order valence-corrected chi connectivity index (χ2v) is 27.0. The molecule has 0 spiro atoms. The Kier molecular flexibility index (Phi) is 23.9. The Morgan fingerprint density at radius 1 is 0.634 bits per heavy atom. The van der Waals surface area contributed by atoms with Crippen molar-refractivity contribution in [1.82, 2.24) is 0 Å². The lowest BCUT2D eigenvalue weighted by Crippen LogP contribution is -2.30. The molecule has 29 heteroatoms. The van der Waals surface area contributed by atoms with Crippen molar-refractivity contribution in [3.05, 3.63) is 101 Å². The van der Waals surface area contributed by atoms with E-state index in [1.165, 1.54) is 18.2 Å². The molecule has 2 unspecified atom stereocenters. The summed E-state index contributed by atoms with van der Waals surface area (Å²) in [6.45, 7) is 12.9. The maximum absolute atomic E-state index is 12.9. The molecule has 1 aliphatic heterocycles. The van der Waals surface area contributed by atoms with E-state index in [2.05, 4.69) is 6.58 Å². The van der Waals surface area contributed by atoms with Crippen molar-refractivity contribution in [2.75, 3.05) is 97.0 Å². The van der Waals surface area contributed by atoms with Gasteiger partial charge in [0.15, 0.2) is 0 Å². The van der Waals surface area contributed by atoms with Gasteiger partial charge in [-0.2, -0.15) is 42.1 Å². The molecule has 1 heterocycles. The molecule has 5 rings (SSSR count). The zero-order valence-corrected chi connectivity index (χ0v) is 49.9. The average Bonchev–Trinajstić information content (AvgIpc) is 3.87. The fourth-order valence-electron chi connectivity index (χ4n) is 10.1. The number of hydrogen-bond acceptors (Lipinski definition) is 18. The Bertz CT molecular complexity index is 3600. The maximum atomic E-state index is 12.9. The van der Waals surface area contributed by atoms with Crippen LogP contribution >= 0.6 is 0 Å². The van der Waals surface area contributed by atoms with E-state index in [1.54, 1.807) is 57.1 Å². The molecule has 0 saturated heterocycles. The lowest BCUT2D eigenvalue weighted by Gasteiger charge is -2.34. The fraction of sp³-hybridized carbons (Fsp3) is 0.491. The zero-order chi connectivity index (χ0) is 60.9. The van der Waals surface area contributed by atoms with Gasteiger partial charge >= 0.3 is 5.97 Å². The minimum atomic E-state index is -5.17. The lowest BCUT2D eigenvalue weighted by molar-refractivity contribution is -0.137. The van der Waals surface area contributed by atoms with Crippen molar-refractivity contribution in [3.63, 3.8) is 0 Å². The van der Waals surface area contributed by atoms with Gasteiger partial charge < -0.3 is 38.4 Å². The van der Waals surface area contributed by atoms with Gasteiger partial charge in [0.25, 0.3) is 50.6 Å². The van der Waals surface area contributed by atoms with Crippen LogP contribution in [0.3, 0.4) is 0 Å². The summed E-state index contributed by atoms with van der Waals surface area (Å²) in [7, 11) is -23.5. The number of nitrogens with zero attached hydrogens (tertiary/aromatic N) is 1. The highest BCUT2D eigenvalue weighted by Crippen LogP contribution is 2.54. The molecule has 1 aliphatic rings. The highest BCUT2D eigenvalue weighted by Gasteiger charge is 2.45. The van der Waals surface area contributed by atoms with E-state index in [4.69, 9.17) is 28.4 Å². The molecule has 456 valence electrons. The smallest absolute Gasteiger partial charge is 0.303 e. The molecule has 2 atom stereocenters. The second kappa shape index (κ2) is 28.9. The number of aryl methyl sites for hydroxylation is 1. The molecule has 0 saturated carbocycles. The molecular formula is C53H71NO23S5. The van der Waals surface area contributed by atoms with Crippen LogP contribution in [0.4, 0.5) is 5.69 Å². The molecule has 24 nitrogen and oxygen atoms in total. The molecule has 4 aromatic rings. The molecule has 0 amide bonds. The molecule has 0 aromatic heterocycles. The van der Waals surface area contributed by atoms with Crippen molar-refractivity contribution >= 4 is 83.8 Å². The number of ether oxygens (including phenoxy) is 6. The molecule has 6 N–H and O–H groups in total. The predicted molar refractivity (Wildman–Crippen MR) is 303 cm³/mol. The number of anilines is 1. The van der Waals surface area contributed by atoms with Crippen LogP contribution in [0.5, 0.6) is 0 Å². The Morgan fingerprint density at radius 3 is 1.61 bits per heavy atom. The molecule has 0 fully saturated rings. The third kappa shape index (κ3) is 18.1. The van der Waals surface area contributed by atoms with E-state index in [0.717, 1.165) is 12.1 Å². The largest absolute Gasteiger partial charge is 0.481 e. The minimum Gasteiger partial charge on any atom is -0.481 e. The number of benzene rings is 4. The number of aliphatic carboxylic acids is 1. The van der Waals surface area contributed by atoms with Gasteiger partial charge in [-0.15, -0.1) is 0 Å². The molecule has 0 aliphatic carbocycles. The Balaban J connectivity index is 1.60. The maximum Gasteiger partial charge on any atom is 0.303 e. The third-order valence-electron chi connectivity index (χ3n) is 14.0.